The van der Waals surface area contributed by atoms with Gasteiger partial charge in [-0.3, -0.25) is 9.10 Å². The zero-order valence-corrected chi connectivity index (χ0v) is 18.8. The third-order valence-electron chi connectivity index (χ3n) is 5.08. The summed E-state index contributed by atoms with van der Waals surface area (Å²) in [5, 5.41) is 2.80. The van der Waals surface area contributed by atoms with Gasteiger partial charge >= 0.3 is 0 Å². The van der Waals surface area contributed by atoms with Crippen LogP contribution < -0.4 is 19.1 Å². The fourth-order valence-electron chi connectivity index (χ4n) is 3.52. The van der Waals surface area contributed by atoms with Gasteiger partial charge in [0.25, 0.3) is 15.9 Å². The lowest BCUT2D eigenvalue weighted by atomic mass is 10.2. The standard InChI is InChI=1S/C23H21ClN2O5S/c1-30-22-9-5-3-7-19(22)25-23(27)15-31-21-11-10-17(14-18(21)24)32(28,29)26-13-12-16-6-2-4-8-20(16)26/h2-11,14H,12-13,15H2,1H3,(H,25,27). The molecule has 1 aliphatic rings. The van der Waals surface area contributed by atoms with E-state index in [9.17, 15) is 13.2 Å². The second-order valence-corrected chi connectivity index (χ2v) is 9.35. The molecule has 0 radical (unpaired) electrons. The Morgan fingerprint density at radius 3 is 2.59 bits per heavy atom. The number of carbonyl (C=O) groups excluding carboxylic acids is 1. The molecule has 1 N–H and O–H groups in total. The maximum Gasteiger partial charge on any atom is 0.264 e. The Bertz CT molecular complexity index is 1260. The third kappa shape index (κ3) is 4.37. The monoisotopic (exact) mass is 472 g/mol. The average Bonchev–Trinajstić information content (AvgIpc) is 3.23. The molecule has 1 amide bonds. The number of anilines is 2. The molecule has 0 bridgehead atoms. The van der Waals surface area contributed by atoms with Gasteiger partial charge in [-0.2, -0.15) is 0 Å². The van der Waals surface area contributed by atoms with Gasteiger partial charge in [-0.25, -0.2) is 8.42 Å². The minimum absolute atomic E-state index is 0.0602. The van der Waals surface area contributed by atoms with E-state index >= 15 is 0 Å². The molecule has 0 unspecified atom stereocenters. The van der Waals surface area contributed by atoms with Gasteiger partial charge in [-0.1, -0.05) is 41.9 Å². The fourth-order valence-corrected chi connectivity index (χ4v) is 5.35. The molecule has 1 aliphatic heterocycles. The van der Waals surface area contributed by atoms with E-state index in [4.69, 9.17) is 21.1 Å². The van der Waals surface area contributed by atoms with Crippen molar-refractivity contribution in [3.8, 4) is 11.5 Å². The average molecular weight is 473 g/mol. The fraction of sp³-hybridized carbons (Fsp3) is 0.174. The van der Waals surface area contributed by atoms with E-state index < -0.39 is 15.9 Å². The van der Waals surface area contributed by atoms with Crippen molar-refractivity contribution >= 4 is 38.9 Å². The molecule has 7 nitrogen and oxygen atoms in total. The normalized spacial score (nSPS) is 12.9. The van der Waals surface area contributed by atoms with Crippen LogP contribution in [0.2, 0.25) is 5.02 Å². The SMILES string of the molecule is COc1ccccc1NC(=O)COc1ccc(S(=O)(=O)N2CCc3ccccc32)cc1Cl. The maximum atomic E-state index is 13.1. The van der Waals surface area contributed by atoms with Crippen molar-refractivity contribution in [1.82, 2.24) is 0 Å². The van der Waals surface area contributed by atoms with Crippen molar-refractivity contribution in [3.63, 3.8) is 0 Å². The van der Waals surface area contributed by atoms with Gasteiger partial charge in [-0.15, -0.1) is 0 Å². The number of halogens is 1. The van der Waals surface area contributed by atoms with Crippen molar-refractivity contribution in [2.24, 2.45) is 0 Å². The number of sulfonamides is 1. The summed E-state index contributed by atoms with van der Waals surface area (Å²) in [4.78, 5) is 12.3. The second kappa shape index (κ2) is 9.10. The Hall–Kier alpha value is -3.23. The molecule has 3 aromatic carbocycles. The lowest BCUT2D eigenvalue weighted by molar-refractivity contribution is -0.118. The predicted molar refractivity (Wildman–Crippen MR) is 123 cm³/mol. The number of benzene rings is 3. The number of carbonyl (C=O) groups is 1. The molecule has 0 aliphatic carbocycles. The minimum Gasteiger partial charge on any atom is -0.495 e. The minimum atomic E-state index is -3.77. The quantitative estimate of drug-likeness (QED) is 0.559. The third-order valence-corrected chi connectivity index (χ3v) is 7.18. The van der Waals surface area contributed by atoms with Crippen LogP contribution in [0.4, 0.5) is 11.4 Å². The Kier molecular flexibility index (Phi) is 6.25. The zero-order valence-electron chi connectivity index (χ0n) is 17.2. The van der Waals surface area contributed by atoms with Crippen LogP contribution in [0.5, 0.6) is 11.5 Å². The molecule has 4 rings (SSSR count). The summed E-state index contributed by atoms with van der Waals surface area (Å²) in [5.41, 5.74) is 2.18. The first-order valence-corrected chi connectivity index (χ1v) is 11.7. The first-order chi connectivity index (χ1) is 15.4. The zero-order chi connectivity index (χ0) is 22.7. The van der Waals surface area contributed by atoms with Gasteiger partial charge in [0.1, 0.15) is 11.5 Å². The van der Waals surface area contributed by atoms with Crippen LogP contribution in [0.25, 0.3) is 0 Å². The number of fused-ring (bicyclic) bond motifs is 1. The van der Waals surface area contributed by atoms with Gasteiger partial charge in [0.2, 0.25) is 0 Å². The number of rotatable bonds is 7. The first-order valence-electron chi connectivity index (χ1n) is 9.86. The first kappa shape index (κ1) is 22.0. The van der Waals surface area contributed by atoms with Gasteiger partial charge < -0.3 is 14.8 Å². The molecule has 0 atom stereocenters. The van der Waals surface area contributed by atoms with Crippen molar-refractivity contribution in [2.75, 3.05) is 29.9 Å². The summed E-state index contributed by atoms with van der Waals surface area (Å²) < 4.78 is 38.4. The van der Waals surface area contributed by atoms with Crippen molar-refractivity contribution in [1.29, 1.82) is 0 Å². The van der Waals surface area contributed by atoms with E-state index in [1.165, 1.54) is 29.6 Å². The van der Waals surface area contributed by atoms with Crippen LogP contribution >= 0.6 is 11.6 Å². The Balaban J connectivity index is 1.45. The maximum absolute atomic E-state index is 13.1. The number of methoxy groups -OCH3 is 1. The van der Waals surface area contributed by atoms with Crippen LogP contribution in [0.1, 0.15) is 5.56 Å². The topological polar surface area (TPSA) is 84.9 Å². The Morgan fingerprint density at radius 1 is 1.06 bits per heavy atom. The highest BCUT2D eigenvalue weighted by Crippen LogP contribution is 2.35. The number of ether oxygens (including phenoxy) is 2. The van der Waals surface area contributed by atoms with E-state index in [2.05, 4.69) is 5.32 Å². The van der Waals surface area contributed by atoms with Crippen LogP contribution in [-0.4, -0.2) is 34.6 Å². The number of hydrogen-bond donors (Lipinski definition) is 1. The number of hydrogen-bond acceptors (Lipinski definition) is 5. The lowest BCUT2D eigenvalue weighted by Crippen LogP contribution is -2.29. The summed E-state index contributed by atoms with van der Waals surface area (Å²) in [6, 6.07) is 18.6. The highest BCUT2D eigenvalue weighted by atomic mass is 35.5. The molecule has 32 heavy (non-hydrogen) atoms. The van der Waals surface area contributed by atoms with Crippen molar-refractivity contribution < 1.29 is 22.7 Å². The van der Waals surface area contributed by atoms with E-state index in [1.54, 1.807) is 30.3 Å². The summed E-state index contributed by atoms with van der Waals surface area (Å²) in [5.74, 6) is 0.329. The number of para-hydroxylation sites is 3. The van der Waals surface area contributed by atoms with Crippen molar-refractivity contribution in [3.05, 3.63) is 77.3 Å². The number of amides is 1. The van der Waals surface area contributed by atoms with E-state index in [-0.39, 0.29) is 22.3 Å². The number of nitrogens with zero attached hydrogens (tertiary/aromatic N) is 1. The van der Waals surface area contributed by atoms with E-state index in [0.717, 1.165) is 5.56 Å². The lowest BCUT2D eigenvalue weighted by Gasteiger charge is -2.20. The molecule has 166 valence electrons. The molecule has 0 saturated carbocycles. The van der Waals surface area contributed by atoms with E-state index in [0.29, 0.717) is 30.1 Å². The molecule has 1 heterocycles. The van der Waals surface area contributed by atoms with Crippen LogP contribution in [0.3, 0.4) is 0 Å². The van der Waals surface area contributed by atoms with E-state index in [1.807, 2.05) is 18.2 Å². The molecule has 0 saturated heterocycles. The Labute approximate surface area is 191 Å². The summed E-state index contributed by atoms with van der Waals surface area (Å²) in [6.07, 6.45) is 0.658. The van der Waals surface area contributed by atoms with Gasteiger partial charge in [-0.05, 0) is 48.4 Å². The smallest absolute Gasteiger partial charge is 0.264 e. The molecule has 0 aromatic heterocycles. The molecule has 3 aromatic rings. The molecular weight excluding hydrogens is 452 g/mol. The number of nitrogens with one attached hydrogen (secondary N) is 1. The molecule has 9 heteroatoms. The van der Waals surface area contributed by atoms with Gasteiger partial charge in [0.05, 0.1) is 28.4 Å². The second-order valence-electron chi connectivity index (χ2n) is 7.09. The van der Waals surface area contributed by atoms with Crippen molar-refractivity contribution in [2.45, 2.75) is 11.3 Å². The molecular formula is C23H21ClN2O5S. The summed E-state index contributed by atoms with van der Waals surface area (Å²) in [6.45, 7) is 0.0734. The van der Waals surface area contributed by atoms with Crippen LogP contribution in [0, 0.1) is 0 Å². The van der Waals surface area contributed by atoms with Crippen LogP contribution in [-0.2, 0) is 21.2 Å². The summed E-state index contributed by atoms with van der Waals surface area (Å²) in [7, 11) is -2.26. The van der Waals surface area contributed by atoms with Gasteiger partial charge in [0, 0.05) is 6.54 Å². The highest BCUT2D eigenvalue weighted by Gasteiger charge is 2.31. The Morgan fingerprint density at radius 2 is 1.81 bits per heavy atom. The molecule has 0 spiro atoms. The largest absolute Gasteiger partial charge is 0.495 e. The summed E-state index contributed by atoms with van der Waals surface area (Å²) >= 11 is 6.27. The highest BCUT2D eigenvalue weighted by molar-refractivity contribution is 7.92. The predicted octanol–water partition coefficient (Wildman–Crippen LogP) is 4.12. The molecule has 0 fully saturated rings. The van der Waals surface area contributed by atoms with Crippen LogP contribution in [0.15, 0.2) is 71.6 Å². The van der Waals surface area contributed by atoms with Gasteiger partial charge in [0.15, 0.2) is 6.61 Å².